The van der Waals surface area contributed by atoms with E-state index in [0.29, 0.717) is 29.4 Å². The van der Waals surface area contributed by atoms with Gasteiger partial charge in [0.05, 0.1) is 18.8 Å². The summed E-state index contributed by atoms with van der Waals surface area (Å²) in [5, 5.41) is -0.864. The van der Waals surface area contributed by atoms with Gasteiger partial charge in [0, 0.05) is 24.2 Å². The summed E-state index contributed by atoms with van der Waals surface area (Å²) in [5.74, 6) is 0. The van der Waals surface area contributed by atoms with Gasteiger partial charge in [-0.3, -0.25) is 0 Å². The van der Waals surface area contributed by atoms with Crippen LogP contribution < -0.4 is 5.73 Å². The number of nitrogens with zero attached hydrogens (tertiary/aromatic N) is 2. The van der Waals surface area contributed by atoms with E-state index in [2.05, 4.69) is 4.98 Å². The van der Waals surface area contributed by atoms with Crippen LogP contribution in [0, 0.1) is 0 Å². The standard InChI is InChI=1S/C10H14F3N3OS/c1-16-2-3-17-6(5-16)8(14)7-4-15-9(18-7)10(11,12)13/h4,6,8H,2-3,5,14H2,1H3. The average Bonchev–Trinajstić information content (AvgIpc) is 2.77. The van der Waals surface area contributed by atoms with E-state index in [9.17, 15) is 13.2 Å². The average molecular weight is 281 g/mol. The van der Waals surface area contributed by atoms with E-state index in [1.165, 1.54) is 6.20 Å². The second kappa shape index (κ2) is 5.12. The highest BCUT2D eigenvalue weighted by molar-refractivity contribution is 7.11. The van der Waals surface area contributed by atoms with Gasteiger partial charge < -0.3 is 15.4 Å². The Morgan fingerprint density at radius 3 is 2.89 bits per heavy atom. The molecule has 2 heterocycles. The van der Waals surface area contributed by atoms with Crippen molar-refractivity contribution < 1.29 is 17.9 Å². The number of ether oxygens (including phenoxy) is 1. The number of morpholine rings is 1. The van der Waals surface area contributed by atoms with Crippen molar-refractivity contribution in [2.75, 3.05) is 26.7 Å². The van der Waals surface area contributed by atoms with Gasteiger partial charge in [0.1, 0.15) is 0 Å². The molecule has 2 rings (SSSR count). The van der Waals surface area contributed by atoms with Crippen LogP contribution >= 0.6 is 11.3 Å². The molecule has 1 aliphatic heterocycles. The molecule has 0 aromatic carbocycles. The number of halogens is 3. The van der Waals surface area contributed by atoms with Crippen LogP contribution in [0.25, 0.3) is 0 Å². The van der Waals surface area contributed by atoms with Crippen molar-refractivity contribution in [3.8, 4) is 0 Å². The summed E-state index contributed by atoms with van der Waals surface area (Å²) in [4.78, 5) is 5.81. The smallest absolute Gasteiger partial charge is 0.374 e. The minimum absolute atomic E-state index is 0.287. The van der Waals surface area contributed by atoms with Gasteiger partial charge in [0.2, 0.25) is 0 Å². The Balaban J connectivity index is 2.09. The van der Waals surface area contributed by atoms with Crippen molar-refractivity contribution in [1.82, 2.24) is 9.88 Å². The largest absolute Gasteiger partial charge is 0.443 e. The number of nitrogens with two attached hydrogens (primary N) is 1. The molecule has 1 fully saturated rings. The van der Waals surface area contributed by atoms with Crippen molar-refractivity contribution >= 4 is 11.3 Å². The normalized spacial score (nSPS) is 24.2. The van der Waals surface area contributed by atoms with Gasteiger partial charge in [-0.25, -0.2) is 4.98 Å². The number of aromatic nitrogens is 1. The molecule has 2 atom stereocenters. The van der Waals surface area contributed by atoms with Crippen molar-refractivity contribution in [2.45, 2.75) is 18.3 Å². The summed E-state index contributed by atoms with van der Waals surface area (Å²) in [6.07, 6.45) is -3.51. The quantitative estimate of drug-likeness (QED) is 0.892. The number of thiazole rings is 1. The summed E-state index contributed by atoms with van der Waals surface area (Å²) in [6, 6.07) is -0.568. The first-order chi connectivity index (χ1) is 8.38. The maximum atomic E-state index is 12.4. The summed E-state index contributed by atoms with van der Waals surface area (Å²) in [5.41, 5.74) is 5.94. The molecule has 2 N–H and O–H groups in total. The van der Waals surface area contributed by atoms with E-state index in [4.69, 9.17) is 10.5 Å². The predicted octanol–water partition coefficient (Wildman–Crippen LogP) is 1.49. The lowest BCUT2D eigenvalue weighted by Crippen LogP contribution is -2.45. The lowest BCUT2D eigenvalue weighted by Gasteiger charge is -2.33. The molecular weight excluding hydrogens is 267 g/mol. The molecule has 0 bridgehead atoms. The molecular formula is C10H14F3N3OS. The zero-order valence-corrected chi connectivity index (χ0v) is 10.6. The van der Waals surface area contributed by atoms with Crippen molar-refractivity contribution in [3.63, 3.8) is 0 Å². The Labute approximate surface area is 107 Å². The minimum Gasteiger partial charge on any atom is -0.374 e. The van der Waals surface area contributed by atoms with Crippen LogP contribution in [0.15, 0.2) is 6.20 Å². The van der Waals surface area contributed by atoms with Crippen LogP contribution in [0.3, 0.4) is 0 Å². The van der Waals surface area contributed by atoms with E-state index in [0.717, 1.165) is 6.54 Å². The maximum absolute atomic E-state index is 12.4. The van der Waals surface area contributed by atoms with Gasteiger partial charge in [-0.1, -0.05) is 0 Å². The predicted molar refractivity (Wildman–Crippen MR) is 61.3 cm³/mol. The highest BCUT2D eigenvalue weighted by Crippen LogP contribution is 2.35. The van der Waals surface area contributed by atoms with Gasteiger partial charge in [-0.2, -0.15) is 13.2 Å². The molecule has 0 saturated carbocycles. The van der Waals surface area contributed by atoms with E-state index in [-0.39, 0.29) is 6.10 Å². The van der Waals surface area contributed by atoms with Crippen molar-refractivity contribution in [1.29, 1.82) is 0 Å². The molecule has 0 aliphatic carbocycles. The lowest BCUT2D eigenvalue weighted by atomic mass is 10.1. The van der Waals surface area contributed by atoms with Gasteiger partial charge in [0.15, 0.2) is 5.01 Å². The summed E-state index contributed by atoms with van der Waals surface area (Å²) in [6.45, 7) is 1.96. The van der Waals surface area contributed by atoms with Crippen LogP contribution in [0.1, 0.15) is 15.9 Å². The SMILES string of the molecule is CN1CCOC(C(N)c2cnc(C(F)(F)F)s2)C1. The Bertz CT molecular complexity index is 409. The zero-order valence-electron chi connectivity index (χ0n) is 9.78. The molecule has 0 amide bonds. The van der Waals surface area contributed by atoms with E-state index in [1.54, 1.807) is 0 Å². The number of hydrogen-bond donors (Lipinski definition) is 1. The summed E-state index contributed by atoms with van der Waals surface area (Å²) < 4.78 is 42.8. The fourth-order valence-corrected chi connectivity index (χ4v) is 2.62. The molecule has 2 unspecified atom stereocenters. The number of alkyl halides is 3. The molecule has 18 heavy (non-hydrogen) atoms. The second-order valence-electron chi connectivity index (χ2n) is 4.26. The van der Waals surface area contributed by atoms with Crippen LogP contribution in [-0.4, -0.2) is 42.7 Å². The fraction of sp³-hybridized carbons (Fsp3) is 0.700. The number of likely N-dealkylation sites (N-methyl/N-ethyl adjacent to an activating group) is 1. The molecule has 1 aliphatic rings. The molecule has 1 aromatic heterocycles. The van der Waals surface area contributed by atoms with Crippen molar-refractivity contribution in [2.24, 2.45) is 5.73 Å². The lowest BCUT2D eigenvalue weighted by molar-refractivity contribution is -0.137. The second-order valence-corrected chi connectivity index (χ2v) is 5.33. The van der Waals surface area contributed by atoms with E-state index in [1.807, 2.05) is 11.9 Å². The third-order valence-electron chi connectivity index (χ3n) is 2.79. The molecule has 1 aromatic rings. The monoisotopic (exact) mass is 281 g/mol. The Kier molecular flexibility index (Phi) is 3.90. The molecule has 4 nitrogen and oxygen atoms in total. The van der Waals surface area contributed by atoms with Gasteiger partial charge in [-0.05, 0) is 7.05 Å². The first kappa shape index (κ1) is 13.7. The first-order valence-electron chi connectivity index (χ1n) is 5.46. The van der Waals surface area contributed by atoms with E-state index >= 15 is 0 Å². The number of rotatable bonds is 2. The van der Waals surface area contributed by atoms with Gasteiger partial charge in [0.25, 0.3) is 0 Å². The van der Waals surface area contributed by atoms with Crippen LogP contribution in [0.5, 0.6) is 0 Å². The number of hydrogen-bond acceptors (Lipinski definition) is 5. The summed E-state index contributed by atoms with van der Waals surface area (Å²) in [7, 11) is 1.93. The topological polar surface area (TPSA) is 51.4 Å². The van der Waals surface area contributed by atoms with Crippen LogP contribution in [0.2, 0.25) is 0 Å². The third kappa shape index (κ3) is 3.00. The highest BCUT2D eigenvalue weighted by Gasteiger charge is 2.36. The Hall–Kier alpha value is -0.700. The molecule has 1 saturated heterocycles. The molecule has 102 valence electrons. The van der Waals surface area contributed by atoms with Crippen LogP contribution in [-0.2, 0) is 10.9 Å². The fourth-order valence-electron chi connectivity index (χ4n) is 1.78. The van der Waals surface area contributed by atoms with Crippen molar-refractivity contribution in [3.05, 3.63) is 16.1 Å². The molecule has 8 heteroatoms. The third-order valence-corrected chi connectivity index (χ3v) is 3.94. The Morgan fingerprint density at radius 1 is 1.61 bits per heavy atom. The zero-order chi connectivity index (χ0) is 13.3. The summed E-state index contributed by atoms with van der Waals surface area (Å²) >= 11 is 0.583. The first-order valence-corrected chi connectivity index (χ1v) is 6.28. The van der Waals surface area contributed by atoms with Crippen LogP contribution in [0.4, 0.5) is 13.2 Å². The Morgan fingerprint density at radius 2 is 2.33 bits per heavy atom. The van der Waals surface area contributed by atoms with E-state index < -0.39 is 17.2 Å². The maximum Gasteiger partial charge on any atom is 0.443 e. The van der Waals surface area contributed by atoms with Gasteiger partial charge >= 0.3 is 6.18 Å². The molecule has 0 radical (unpaired) electrons. The highest BCUT2D eigenvalue weighted by atomic mass is 32.1. The minimum atomic E-state index is -4.41. The molecule has 0 spiro atoms. The van der Waals surface area contributed by atoms with Gasteiger partial charge in [-0.15, -0.1) is 11.3 Å².